The Labute approximate surface area is 114 Å². The fraction of sp³-hybridized carbons (Fsp3) is 0.533. The van der Waals surface area contributed by atoms with E-state index in [1.165, 1.54) is 7.11 Å². The zero-order valence-electron chi connectivity index (χ0n) is 12.4. The van der Waals surface area contributed by atoms with E-state index in [1.54, 1.807) is 13.2 Å². The van der Waals surface area contributed by atoms with Crippen LogP contribution in [0, 0.1) is 6.92 Å². The first-order valence-corrected chi connectivity index (χ1v) is 6.17. The Bertz CT molecular complexity index is 472. The predicted molar refractivity (Wildman–Crippen MR) is 73.4 cm³/mol. The molecule has 106 valence electrons. The number of carbonyl (C=O) groups is 1. The predicted octanol–water partition coefficient (Wildman–Crippen LogP) is 2.51. The standard InChI is InChI=1S/C15H22O4/c1-9-7-11(15(2,3)4)12(18-5)8-10(9)13(16)14(17)19-6/h7-8,13,16H,1-6H3. The van der Waals surface area contributed by atoms with Crippen LogP contribution in [-0.4, -0.2) is 25.3 Å². The summed E-state index contributed by atoms with van der Waals surface area (Å²) in [5, 5.41) is 9.95. The highest BCUT2D eigenvalue weighted by molar-refractivity contribution is 5.77. The maximum Gasteiger partial charge on any atom is 0.339 e. The molecule has 1 unspecified atom stereocenters. The summed E-state index contributed by atoms with van der Waals surface area (Å²) in [4.78, 5) is 11.4. The average molecular weight is 266 g/mol. The molecule has 0 bridgehead atoms. The van der Waals surface area contributed by atoms with Gasteiger partial charge >= 0.3 is 5.97 Å². The molecular weight excluding hydrogens is 244 g/mol. The lowest BCUT2D eigenvalue weighted by Gasteiger charge is -2.24. The number of methoxy groups -OCH3 is 2. The van der Waals surface area contributed by atoms with Crippen LogP contribution in [0.3, 0.4) is 0 Å². The Kier molecular flexibility index (Phi) is 4.58. The summed E-state index contributed by atoms with van der Waals surface area (Å²) in [6.07, 6.45) is -1.28. The molecule has 0 saturated carbocycles. The Morgan fingerprint density at radius 2 is 1.84 bits per heavy atom. The lowest BCUT2D eigenvalue weighted by Crippen LogP contribution is -2.17. The monoisotopic (exact) mass is 266 g/mol. The zero-order valence-corrected chi connectivity index (χ0v) is 12.4. The van der Waals surface area contributed by atoms with Gasteiger partial charge in [-0.2, -0.15) is 0 Å². The van der Waals surface area contributed by atoms with Crippen LogP contribution in [0.1, 0.15) is 43.6 Å². The highest BCUT2D eigenvalue weighted by Gasteiger charge is 2.25. The van der Waals surface area contributed by atoms with Gasteiger partial charge in [0, 0.05) is 0 Å². The van der Waals surface area contributed by atoms with Gasteiger partial charge in [0.25, 0.3) is 0 Å². The van der Waals surface area contributed by atoms with E-state index in [-0.39, 0.29) is 5.41 Å². The minimum absolute atomic E-state index is 0.0785. The van der Waals surface area contributed by atoms with Gasteiger partial charge in [0.1, 0.15) is 5.75 Å². The van der Waals surface area contributed by atoms with Crippen molar-refractivity contribution in [3.63, 3.8) is 0 Å². The molecule has 4 heteroatoms. The topological polar surface area (TPSA) is 55.8 Å². The number of hydrogen-bond acceptors (Lipinski definition) is 4. The molecule has 1 atom stereocenters. The third kappa shape index (κ3) is 3.26. The maximum atomic E-state index is 11.4. The van der Waals surface area contributed by atoms with Crippen molar-refractivity contribution in [3.05, 3.63) is 28.8 Å². The van der Waals surface area contributed by atoms with Gasteiger partial charge in [-0.3, -0.25) is 0 Å². The summed E-state index contributed by atoms with van der Waals surface area (Å²) in [5.41, 5.74) is 2.30. The van der Waals surface area contributed by atoms with Gasteiger partial charge in [0.2, 0.25) is 0 Å². The van der Waals surface area contributed by atoms with Crippen LogP contribution in [-0.2, 0) is 14.9 Å². The molecule has 1 aromatic rings. The molecule has 1 rings (SSSR count). The normalized spacial score (nSPS) is 13.0. The van der Waals surface area contributed by atoms with Crippen molar-refractivity contribution in [3.8, 4) is 5.75 Å². The summed E-state index contributed by atoms with van der Waals surface area (Å²) in [6.45, 7) is 8.11. The van der Waals surface area contributed by atoms with E-state index in [2.05, 4.69) is 25.5 Å². The van der Waals surface area contributed by atoms with E-state index in [0.29, 0.717) is 11.3 Å². The third-order valence-corrected chi connectivity index (χ3v) is 3.12. The van der Waals surface area contributed by atoms with Gasteiger partial charge in [-0.1, -0.05) is 26.8 Å². The van der Waals surface area contributed by atoms with E-state index >= 15 is 0 Å². The van der Waals surface area contributed by atoms with Crippen LogP contribution < -0.4 is 4.74 Å². The fourth-order valence-electron chi connectivity index (χ4n) is 1.99. The molecule has 4 nitrogen and oxygen atoms in total. The number of aliphatic hydroxyl groups excluding tert-OH is 1. The molecule has 0 fully saturated rings. The fourth-order valence-corrected chi connectivity index (χ4v) is 1.99. The molecular formula is C15H22O4. The highest BCUT2D eigenvalue weighted by Crippen LogP contribution is 2.35. The summed E-state index contributed by atoms with van der Waals surface area (Å²) in [5.74, 6) is -0.00952. The van der Waals surface area contributed by atoms with Gasteiger partial charge < -0.3 is 14.6 Å². The Hall–Kier alpha value is -1.55. The first kappa shape index (κ1) is 15.5. The number of benzene rings is 1. The van der Waals surface area contributed by atoms with Gasteiger partial charge in [-0.05, 0) is 35.1 Å². The zero-order chi connectivity index (χ0) is 14.8. The van der Waals surface area contributed by atoms with E-state index in [0.717, 1.165) is 11.1 Å². The second-order valence-corrected chi connectivity index (χ2v) is 5.58. The first-order chi connectivity index (χ1) is 8.72. The number of esters is 1. The number of ether oxygens (including phenoxy) is 2. The number of aryl methyl sites for hydroxylation is 1. The smallest absolute Gasteiger partial charge is 0.339 e. The molecule has 0 saturated heterocycles. The number of carbonyl (C=O) groups excluding carboxylic acids is 1. The molecule has 19 heavy (non-hydrogen) atoms. The van der Waals surface area contributed by atoms with Crippen molar-refractivity contribution in [2.45, 2.75) is 39.2 Å². The van der Waals surface area contributed by atoms with Crippen molar-refractivity contribution in [1.82, 2.24) is 0 Å². The number of aliphatic hydroxyl groups is 1. The quantitative estimate of drug-likeness (QED) is 0.854. The van der Waals surface area contributed by atoms with E-state index < -0.39 is 12.1 Å². The number of hydrogen-bond donors (Lipinski definition) is 1. The number of rotatable bonds is 3. The van der Waals surface area contributed by atoms with Crippen molar-refractivity contribution < 1.29 is 19.4 Å². The van der Waals surface area contributed by atoms with Crippen LogP contribution in [0.5, 0.6) is 5.75 Å². The SMILES string of the molecule is COC(=O)C(O)c1cc(OC)c(C(C)(C)C)cc1C. The van der Waals surface area contributed by atoms with Gasteiger partial charge in [-0.25, -0.2) is 4.79 Å². The molecule has 1 N–H and O–H groups in total. The molecule has 0 aliphatic carbocycles. The lowest BCUT2D eigenvalue weighted by atomic mass is 9.84. The second-order valence-electron chi connectivity index (χ2n) is 5.58. The van der Waals surface area contributed by atoms with Crippen molar-refractivity contribution >= 4 is 5.97 Å². The average Bonchev–Trinajstić information content (AvgIpc) is 2.35. The van der Waals surface area contributed by atoms with E-state index in [9.17, 15) is 9.90 Å². The summed E-state index contributed by atoms with van der Waals surface area (Å²) in [6, 6.07) is 3.65. The molecule has 0 aliphatic heterocycles. The summed E-state index contributed by atoms with van der Waals surface area (Å²) >= 11 is 0. The summed E-state index contributed by atoms with van der Waals surface area (Å²) in [7, 11) is 2.83. The van der Waals surface area contributed by atoms with Crippen molar-refractivity contribution in [2.75, 3.05) is 14.2 Å². The Morgan fingerprint density at radius 3 is 2.26 bits per heavy atom. The van der Waals surface area contributed by atoms with Crippen LogP contribution in [0.2, 0.25) is 0 Å². The van der Waals surface area contributed by atoms with Crippen LogP contribution >= 0.6 is 0 Å². The largest absolute Gasteiger partial charge is 0.496 e. The molecule has 0 spiro atoms. The summed E-state index contributed by atoms with van der Waals surface area (Å²) < 4.78 is 9.93. The van der Waals surface area contributed by atoms with Crippen molar-refractivity contribution in [2.24, 2.45) is 0 Å². The lowest BCUT2D eigenvalue weighted by molar-refractivity contribution is -0.150. The third-order valence-electron chi connectivity index (χ3n) is 3.12. The second kappa shape index (κ2) is 5.61. The molecule has 0 amide bonds. The van der Waals surface area contributed by atoms with Crippen LogP contribution in [0.25, 0.3) is 0 Å². The molecule has 0 radical (unpaired) electrons. The molecule has 0 aromatic heterocycles. The molecule has 1 aromatic carbocycles. The minimum Gasteiger partial charge on any atom is -0.496 e. The maximum absolute atomic E-state index is 11.4. The van der Waals surface area contributed by atoms with Crippen LogP contribution in [0.15, 0.2) is 12.1 Å². The van der Waals surface area contributed by atoms with Gasteiger partial charge in [0.05, 0.1) is 14.2 Å². The Balaban J connectivity index is 3.35. The molecule has 0 aliphatic rings. The van der Waals surface area contributed by atoms with Crippen molar-refractivity contribution in [1.29, 1.82) is 0 Å². The van der Waals surface area contributed by atoms with E-state index in [4.69, 9.17) is 4.74 Å². The first-order valence-electron chi connectivity index (χ1n) is 6.17. The van der Waals surface area contributed by atoms with E-state index in [1.807, 2.05) is 13.0 Å². The Morgan fingerprint density at radius 1 is 1.26 bits per heavy atom. The minimum atomic E-state index is -1.28. The van der Waals surface area contributed by atoms with Gasteiger partial charge in [0.15, 0.2) is 6.10 Å². The molecule has 0 heterocycles. The van der Waals surface area contributed by atoms with Crippen LogP contribution in [0.4, 0.5) is 0 Å². The van der Waals surface area contributed by atoms with Gasteiger partial charge in [-0.15, -0.1) is 0 Å². The highest BCUT2D eigenvalue weighted by atomic mass is 16.5.